The Balaban J connectivity index is 1.99. The van der Waals surface area contributed by atoms with Crippen LogP contribution in [0.15, 0.2) is 12.3 Å². The molecule has 0 bridgehead atoms. The van der Waals surface area contributed by atoms with E-state index in [1.165, 1.54) is 20.0 Å². The number of aliphatic hydroxyl groups is 1. The van der Waals surface area contributed by atoms with Crippen molar-refractivity contribution in [3.05, 3.63) is 23.0 Å². The minimum Gasteiger partial charge on any atom is -0.387 e. The number of aromatic nitrogens is 1. The first-order chi connectivity index (χ1) is 11.7. The molecule has 0 saturated heterocycles. The van der Waals surface area contributed by atoms with Gasteiger partial charge in [0.2, 0.25) is 0 Å². The molecule has 0 unspecified atom stereocenters. The Morgan fingerprint density at radius 1 is 1.56 bits per heavy atom. The predicted molar refractivity (Wildman–Crippen MR) is 94.8 cm³/mol. The minimum absolute atomic E-state index is 0.232. The largest absolute Gasteiger partial charge is 0.387 e. The zero-order chi connectivity index (χ0) is 18.6. The number of amides is 1. The minimum atomic E-state index is -1.57. The third-order valence-corrected chi connectivity index (χ3v) is 4.53. The summed E-state index contributed by atoms with van der Waals surface area (Å²) in [6.45, 7) is 3.14. The van der Waals surface area contributed by atoms with E-state index in [1.54, 1.807) is 13.2 Å². The van der Waals surface area contributed by atoms with Crippen LogP contribution >= 0.6 is 11.6 Å². The molecule has 2 rings (SSSR count). The van der Waals surface area contributed by atoms with E-state index in [-0.39, 0.29) is 17.7 Å². The van der Waals surface area contributed by atoms with Gasteiger partial charge in [0.05, 0.1) is 23.4 Å². The molecule has 3 N–H and O–H groups in total. The van der Waals surface area contributed by atoms with Gasteiger partial charge in [-0.05, 0) is 38.7 Å². The lowest BCUT2D eigenvalue weighted by atomic mass is 9.80. The monoisotopic (exact) mass is 373 g/mol. The van der Waals surface area contributed by atoms with Crippen molar-refractivity contribution in [2.45, 2.75) is 44.5 Å². The van der Waals surface area contributed by atoms with Gasteiger partial charge in [0, 0.05) is 26.0 Å². The molecule has 1 aliphatic rings. The Morgan fingerprint density at radius 2 is 2.24 bits per heavy atom. The second-order valence-electron chi connectivity index (χ2n) is 7.02. The molecule has 1 amide bonds. The van der Waals surface area contributed by atoms with Gasteiger partial charge < -0.3 is 20.5 Å². The SMILES string of the molecule is COCC1CC(Nc2cc(Cl)ncc2C(=O)NC[C@@H](F)C(C)(C)O)C1. The highest BCUT2D eigenvalue weighted by Crippen LogP contribution is 2.31. The van der Waals surface area contributed by atoms with Crippen LogP contribution in [0.4, 0.5) is 10.1 Å². The van der Waals surface area contributed by atoms with Crippen molar-refractivity contribution in [1.29, 1.82) is 0 Å². The molecule has 1 heterocycles. The first-order valence-electron chi connectivity index (χ1n) is 8.26. The van der Waals surface area contributed by atoms with E-state index < -0.39 is 17.7 Å². The lowest BCUT2D eigenvalue weighted by Gasteiger charge is -2.36. The third-order valence-electron chi connectivity index (χ3n) is 4.32. The number of methoxy groups -OCH3 is 1. The molecule has 1 aliphatic carbocycles. The molecule has 140 valence electrons. The summed E-state index contributed by atoms with van der Waals surface area (Å²) in [5, 5.41) is 15.7. The summed E-state index contributed by atoms with van der Waals surface area (Å²) in [5.74, 6) is 0.0440. The lowest BCUT2D eigenvalue weighted by molar-refractivity contribution is -0.00177. The maximum absolute atomic E-state index is 13.8. The summed E-state index contributed by atoms with van der Waals surface area (Å²) in [7, 11) is 1.68. The van der Waals surface area contributed by atoms with Gasteiger partial charge in [0.15, 0.2) is 0 Å². The maximum Gasteiger partial charge on any atom is 0.255 e. The molecule has 0 spiro atoms. The van der Waals surface area contributed by atoms with E-state index in [9.17, 15) is 14.3 Å². The van der Waals surface area contributed by atoms with Crippen LogP contribution < -0.4 is 10.6 Å². The van der Waals surface area contributed by atoms with Crippen LogP contribution in [0.25, 0.3) is 0 Å². The van der Waals surface area contributed by atoms with Crippen molar-refractivity contribution in [2.75, 3.05) is 25.6 Å². The predicted octanol–water partition coefficient (Wildman–Crippen LogP) is 2.41. The highest BCUT2D eigenvalue weighted by atomic mass is 35.5. The van der Waals surface area contributed by atoms with Crippen LogP contribution in [0.3, 0.4) is 0 Å². The quantitative estimate of drug-likeness (QED) is 0.609. The van der Waals surface area contributed by atoms with E-state index in [1.807, 2.05) is 0 Å². The molecule has 1 saturated carbocycles. The Bertz CT molecular complexity index is 603. The lowest BCUT2D eigenvalue weighted by Crippen LogP contribution is -2.42. The van der Waals surface area contributed by atoms with Gasteiger partial charge in [0.25, 0.3) is 5.91 Å². The topological polar surface area (TPSA) is 83.5 Å². The van der Waals surface area contributed by atoms with Gasteiger partial charge in [-0.3, -0.25) is 4.79 Å². The number of hydrogen-bond donors (Lipinski definition) is 3. The van der Waals surface area contributed by atoms with Gasteiger partial charge in [-0.1, -0.05) is 11.6 Å². The van der Waals surface area contributed by atoms with Gasteiger partial charge in [-0.2, -0.15) is 0 Å². The summed E-state index contributed by atoms with van der Waals surface area (Å²) in [4.78, 5) is 16.3. The molecule has 1 atom stereocenters. The number of pyridine rings is 1. The first kappa shape index (κ1) is 19.9. The van der Waals surface area contributed by atoms with E-state index in [0.717, 1.165) is 19.4 Å². The molecule has 1 fully saturated rings. The summed E-state index contributed by atoms with van der Waals surface area (Å²) in [5.41, 5.74) is -0.658. The molecular formula is C17H25ClFN3O3. The number of carbonyl (C=O) groups is 1. The Kier molecular flexibility index (Phi) is 6.59. The highest BCUT2D eigenvalue weighted by Gasteiger charge is 2.30. The maximum atomic E-state index is 13.8. The third kappa shape index (κ3) is 5.52. The van der Waals surface area contributed by atoms with E-state index in [0.29, 0.717) is 17.2 Å². The van der Waals surface area contributed by atoms with Crippen LogP contribution in [0, 0.1) is 5.92 Å². The van der Waals surface area contributed by atoms with Gasteiger partial charge in [-0.15, -0.1) is 0 Å². The van der Waals surface area contributed by atoms with E-state index >= 15 is 0 Å². The standard InChI is InChI=1S/C17H25ClFN3O3/c1-17(2,24)14(19)8-21-16(23)12-7-20-15(18)6-13(12)22-11-4-10(5-11)9-25-3/h6-7,10-11,14,24H,4-5,8-9H2,1-3H3,(H,20,22)(H,21,23)/t10?,11?,14-/m1/s1. The summed E-state index contributed by atoms with van der Waals surface area (Å²) in [6, 6.07) is 1.82. The Labute approximate surface area is 152 Å². The first-order valence-corrected chi connectivity index (χ1v) is 8.64. The second kappa shape index (κ2) is 8.29. The fourth-order valence-electron chi connectivity index (χ4n) is 2.70. The number of nitrogens with zero attached hydrogens (tertiary/aromatic N) is 1. The van der Waals surface area contributed by atoms with Crippen LogP contribution in [0.5, 0.6) is 0 Å². The van der Waals surface area contributed by atoms with Crippen molar-refractivity contribution in [2.24, 2.45) is 5.92 Å². The number of carbonyl (C=O) groups excluding carboxylic acids is 1. The summed E-state index contributed by atoms with van der Waals surface area (Å²) in [6.07, 6.45) is 1.68. The fraction of sp³-hybridized carbons (Fsp3) is 0.647. The molecule has 25 heavy (non-hydrogen) atoms. The number of halogens is 2. The van der Waals surface area contributed by atoms with Gasteiger partial charge >= 0.3 is 0 Å². The number of rotatable bonds is 8. The molecular weight excluding hydrogens is 349 g/mol. The van der Waals surface area contributed by atoms with Crippen LogP contribution in [-0.2, 0) is 4.74 Å². The Hall–Kier alpha value is -1.44. The van der Waals surface area contributed by atoms with Crippen LogP contribution in [-0.4, -0.2) is 54.1 Å². The van der Waals surface area contributed by atoms with Crippen LogP contribution in [0.2, 0.25) is 5.15 Å². The average molecular weight is 374 g/mol. The average Bonchev–Trinajstić information content (AvgIpc) is 2.49. The van der Waals surface area contributed by atoms with Crippen LogP contribution in [0.1, 0.15) is 37.0 Å². The molecule has 1 aromatic heterocycles. The molecule has 6 nitrogen and oxygen atoms in total. The Morgan fingerprint density at radius 3 is 2.84 bits per heavy atom. The number of ether oxygens (including phenoxy) is 1. The highest BCUT2D eigenvalue weighted by molar-refractivity contribution is 6.29. The zero-order valence-corrected chi connectivity index (χ0v) is 15.4. The van der Waals surface area contributed by atoms with Crippen molar-refractivity contribution in [1.82, 2.24) is 10.3 Å². The molecule has 0 aliphatic heterocycles. The van der Waals surface area contributed by atoms with Crippen molar-refractivity contribution < 1.29 is 19.0 Å². The van der Waals surface area contributed by atoms with Gasteiger partial charge in [-0.25, -0.2) is 9.37 Å². The number of hydrogen-bond acceptors (Lipinski definition) is 5. The second-order valence-corrected chi connectivity index (χ2v) is 7.41. The van der Waals surface area contributed by atoms with Crippen molar-refractivity contribution in [3.8, 4) is 0 Å². The molecule has 1 aromatic rings. The number of alkyl halides is 1. The fourth-order valence-corrected chi connectivity index (χ4v) is 2.86. The molecule has 0 radical (unpaired) electrons. The number of nitrogens with one attached hydrogen (secondary N) is 2. The smallest absolute Gasteiger partial charge is 0.255 e. The zero-order valence-electron chi connectivity index (χ0n) is 14.7. The normalized spacial score (nSPS) is 21.4. The van der Waals surface area contributed by atoms with Crippen molar-refractivity contribution in [3.63, 3.8) is 0 Å². The number of anilines is 1. The molecule has 0 aromatic carbocycles. The van der Waals surface area contributed by atoms with E-state index in [2.05, 4.69) is 15.6 Å². The van der Waals surface area contributed by atoms with E-state index in [4.69, 9.17) is 16.3 Å². The molecule has 8 heteroatoms. The summed E-state index contributed by atoms with van der Waals surface area (Å²) >= 11 is 5.94. The van der Waals surface area contributed by atoms with Gasteiger partial charge in [0.1, 0.15) is 11.3 Å². The summed E-state index contributed by atoms with van der Waals surface area (Å²) < 4.78 is 18.9. The van der Waals surface area contributed by atoms with Crippen molar-refractivity contribution >= 4 is 23.2 Å².